The Balaban J connectivity index is 1.74. The molecule has 0 bridgehead atoms. The van der Waals surface area contributed by atoms with E-state index in [2.05, 4.69) is 4.98 Å². The molecule has 0 aliphatic heterocycles. The van der Waals surface area contributed by atoms with E-state index >= 15 is 0 Å². The molecule has 27 heavy (non-hydrogen) atoms. The van der Waals surface area contributed by atoms with Crippen LogP contribution >= 0.6 is 11.6 Å². The first kappa shape index (κ1) is 18.5. The maximum atomic E-state index is 12.5. The van der Waals surface area contributed by atoms with Gasteiger partial charge in [0.05, 0.1) is 27.9 Å². The smallest absolute Gasteiger partial charge is 0.338 e. The van der Waals surface area contributed by atoms with Crippen molar-refractivity contribution in [3.8, 4) is 0 Å². The molecule has 138 valence electrons. The van der Waals surface area contributed by atoms with Crippen molar-refractivity contribution in [2.75, 3.05) is 6.61 Å². The van der Waals surface area contributed by atoms with Gasteiger partial charge in [0.2, 0.25) is 0 Å². The van der Waals surface area contributed by atoms with Crippen molar-refractivity contribution >= 4 is 34.2 Å². The normalized spacial score (nSPS) is 10.7. The summed E-state index contributed by atoms with van der Waals surface area (Å²) < 4.78 is 6.55. The topological polar surface area (TPSA) is 104 Å². The zero-order valence-electron chi connectivity index (χ0n) is 14.2. The molecule has 1 heterocycles. The summed E-state index contributed by atoms with van der Waals surface area (Å²) in [5, 5.41) is 11.3. The number of halogens is 1. The highest BCUT2D eigenvalue weighted by atomic mass is 35.5. The van der Waals surface area contributed by atoms with Crippen LogP contribution in [0.3, 0.4) is 0 Å². The molecule has 0 unspecified atom stereocenters. The van der Waals surface area contributed by atoms with E-state index in [0.717, 1.165) is 6.07 Å². The summed E-state index contributed by atoms with van der Waals surface area (Å²) in [7, 11) is 0. The average Bonchev–Trinajstić information content (AvgIpc) is 2.64. The molecule has 0 atom stereocenters. The highest BCUT2D eigenvalue weighted by molar-refractivity contribution is 6.32. The number of aromatic nitrogens is 2. The summed E-state index contributed by atoms with van der Waals surface area (Å²) in [6, 6.07) is 10.6. The van der Waals surface area contributed by atoms with Crippen molar-refractivity contribution in [1.82, 2.24) is 9.55 Å². The molecule has 1 aromatic heterocycles. The summed E-state index contributed by atoms with van der Waals surface area (Å²) in [5.74, 6) is -0.244. The number of fused-ring (bicyclic) bond motifs is 1. The number of carbonyl (C=O) groups excluding carboxylic acids is 1. The van der Waals surface area contributed by atoms with Crippen molar-refractivity contribution in [3.05, 3.63) is 79.3 Å². The van der Waals surface area contributed by atoms with Crippen molar-refractivity contribution in [2.24, 2.45) is 0 Å². The Hall–Kier alpha value is -3.26. The standard InChI is InChI=1S/C18H14ClN3O5/c1-11-20-15-5-3-2-4-13(15)17(23)21(11)8-9-27-18(24)12-6-7-14(19)16(10-12)22(25)26/h2-7,10H,8-9H2,1H3. The van der Waals surface area contributed by atoms with Gasteiger partial charge in [-0.3, -0.25) is 19.5 Å². The van der Waals surface area contributed by atoms with Crippen molar-refractivity contribution in [2.45, 2.75) is 13.5 Å². The molecule has 3 rings (SSSR count). The molecule has 0 aliphatic carbocycles. The number of nitrogens with zero attached hydrogens (tertiary/aromatic N) is 3. The van der Waals surface area contributed by atoms with Gasteiger partial charge in [-0.2, -0.15) is 0 Å². The van der Waals surface area contributed by atoms with Crippen LogP contribution in [0.5, 0.6) is 0 Å². The van der Waals surface area contributed by atoms with Crippen LogP contribution in [0.2, 0.25) is 5.02 Å². The Morgan fingerprint density at radius 2 is 2.04 bits per heavy atom. The van der Waals surface area contributed by atoms with E-state index in [1.807, 2.05) is 0 Å². The SMILES string of the molecule is Cc1nc2ccccc2c(=O)n1CCOC(=O)c1ccc(Cl)c([N+](=O)[O-])c1. The molecule has 2 aromatic carbocycles. The second-order valence-corrected chi connectivity index (χ2v) is 6.10. The van der Waals surface area contributed by atoms with Gasteiger partial charge in [-0.05, 0) is 31.2 Å². The highest BCUT2D eigenvalue weighted by Crippen LogP contribution is 2.25. The Bertz CT molecular complexity index is 1110. The molecule has 0 aliphatic rings. The number of rotatable bonds is 5. The van der Waals surface area contributed by atoms with Gasteiger partial charge in [-0.15, -0.1) is 0 Å². The van der Waals surface area contributed by atoms with Gasteiger partial charge in [0.25, 0.3) is 11.2 Å². The quantitative estimate of drug-likeness (QED) is 0.378. The van der Waals surface area contributed by atoms with Crippen LogP contribution < -0.4 is 5.56 Å². The first-order valence-corrected chi connectivity index (χ1v) is 8.33. The largest absolute Gasteiger partial charge is 0.460 e. The number of aryl methyl sites for hydroxylation is 1. The van der Waals surface area contributed by atoms with Crippen molar-refractivity contribution < 1.29 is 14.5 Å². The van der Waals surface area contributed by atoms with E-state index in [9.17, 15) is 19.7 Å². The second-order valence-electron chi connectivity index (χ2n) is 5.69. The lowest BCUT2D eigenvalue weighted by Crippen LogP contribution is -2.26. The zero-order valence-corrected chi connectivity index (χ0v) is 15.0. The van der Waals surface area contributed by atoms with Crippen molar-refractivity contribution in [1.29, 1.82) is 0 Å². The van der Waals surface area contributed by atoms with Gasteiger partial charge in [0, 0.05) is 6.07 Å². The monoisotopic (exact) mass is 387 g/mol. The molecule has 3 aromatic rings. The van der Waals surface area contributed by atoms with Crippen LogP contribution in [-0.2, 0) is 11.3 Å². The van der Waals surface area contributed by atoms with Gasteiger partial charge < -0.3 is 4.74 Å². The lowest BCUT2D eigenvalue weighted by atomic mass is 10.2. The number of benzene rings is 2. The predicted octanol–water partition coefficient (Wildman–Crippen LogP) is 3.12. The van der Waals surface area contributed by atoms with Crippen LogP contribution in [0, 0.1) is 17.0 Å². The molecule has 0 saturated heterocycles. The maximum Gasteiger partial charge on any atom is 0.338 e. The van der Waals surface area contributed by atoms with Gasteiger partial charge >= 0.3 is 5.97 Å². The number of hydrogen-bond donors (Lipinski definition) is 0. The predicted molar refractivity (Wildman–Crippen MR) is 99.1 cm³/mol. The molecule has 8 nitrogen and oxygen atoms in total. The molecule has 9 heteroatoms. The number of carbonyl (C=O) groups is 1. The Morgan fingerprint density at radius 1 is 1.30 bits per heavy atom. The summed E-state index contributed by atoms with van der Waals surface area (Å²) in [4.78, 5) is 39.2. The second kappa shape index (κ2) is 7.55. The third kappa shape index (κ3) is 3.80. The zero-order chi connectivity index (χ0) is 19.6. The number of hydrogen-bond acceptors (Lipinski definition) is 6. The van der Waals surface area contributed by atoms with Crippen LogP contribution in [0.1, 0.15) is 16.2 Å². The van der Waals surface area contributed by atoms with Gasteiger partial charge in [-0.1, -0.05) is 23.7 Å². The highest BCUT2D eigenvalue weighted by Gasteiger charge is 2.17. The fourth-order valence-electron chi connectivity index (χ4n) is 2.63. The summed E-state index contributed by atoms with van der Waals surface area (Å²) in [5.41, 5.74) is 0.00159. The van der Waals surface area contributed by atoms with E-state index in [1.165, 1.54) is 16.7 Å². The molecule has 0 fully saturated rings. The van der Waals surface area contributed by atoms with Crippen LogP contribution in [-0.4, -0.2) is 27.1 Å². The van der Waals surface area contributed by atoms with Gasteiger partial charge in [0.15, 0.2) is 0 Å². The first-order valence-electron chi connectivity index (χ1n) is 7.95. The third-order valence-electron chi connectivity index (χ3n) is 3.98. The van der Waals surface area contributed by atoms with E-state index < -0.39 is 10.9 Å². The lowest BCUT2D eigenvalue weighted by molar-refractivity contribution is -0.384. The van der Waals surface area contributed by atoms with Crippen LogP contribution in [0.15, 0.2) is 47.3 Å². The molecular formula is C18H14ClN3O5. The maximum absolute atomic E-state index is 12.5. The Labute approximate surface area is 158 Å². The molecule has 0 spiro atoms. The number of nitro groups is 1. The Kier molecular flexibility index (Phi) is 5.18. The minimum atomic E-state index is -0.741. The molecule has 0 amide bonds. The van der Waals surface area contributed by atoms with E-state index in [-0.39, 0.29) is 35.0 Å². The number of para-hydroxylation sites is 1. The van der Waals surface area contributed by atoms with Crippen LogP contribution in [0.25, 0.3) is 10.9 Å². The van der Waals surface area contributed by atoms with Crippen LogP contribution in [0.4, 0.5) is 5.69 Å². The molecular weight excluding hydrogens is 374 g/mol. The van der Waals surface area contributed by atoms with E-state index in [1.54, 1.807) is 31.2 Å². The number of ether oxygens (including phenoxy) is 1. The number of nitro benzene ring substituents is 1. The third-order valence-corrected chi connectivity index (χ3v) is 4.30. The summed E-state index contributed by atoms with van der Waals surface area (Å²) in [6.45, 7) is 1.72. The van der Waals surface area contributed by atoms with Crippen molar-refractivity contribution in [3.63, 3.8) is 0 Å². The molecule has 0 N–H and O–H groups in total. The fourth-order valence-corrected chi connectivity index (χ4v) is 2.82. The summed E-state index contributed by atoms with van der Waals surface area (Å²) >= 11 is 5.72. The minimum Gasteiger partial charge on any atom is -0.460 e. The lowest BCUT2D eigenvalue weighted by Gasteiger charge is -2.11. The van der Waals surface area contributed by atoms with Gasteiger partial charge in [-0.25, -0.2) is 9.78 Å². The Morgan fingerprint density at radius 3 is 2.78 bits per heavy atom. The molecule has 0 radical (unpaired) electrons. The fraction of sp³-hybridized carbons (Fsp3) is 0.167. The van der Waals surface area contributed by atoms with E-state index in [0.29, 0.717) is 16.7 Å². The minimum absolute atomic E-state index is 0.00630. The molecule has 0 saturated carbocycles. The van der Waals surface area contributed by atoms with Gasteiger partial charge in [0.1, 0.15) is 17.5 Å². The summed E-state index contributed by atoms with van der Waals surface area (Å²) in [6.07, 6.45) is 0. The average molecular weight is 388 g/mol. The number of esters is 1. The first-order chi connectivity index (χ1) is 12.9. The van der Waals surface area contributed by atoms with E-state index in [4.69, 9.17) is 16.3 Å².